The van der Waals surface area contributed by atoms with Crippen molar-refractivity contribution in [2.45, 2.75) is 45.3 Å². The Labute approximate surface area is 80.6 Å². The number of ether oxygens (including phenoxy) is 2. The zero-order valence-corrected chi connectivity index (χ0v) is 8.96. The highest BCUT2D eigenvalue weighted by Gasteiger charge is 2.16. The fraction of sp³-hybridized carbons (Fsp3) is 0.900. The molecule has 0 aliphatic carbocycles. The van der Waals surface area contributed by atoms with E-state index in [1.807, 2.05) is 20.8 Å². The summed E-state index contributed by atoms with van der Waals surface area (Å²) in [6.07, 6.45) is 1.28. The second-order valence-corrected chi connectivity index (χ2v) is 3.61. The van der Waals surface area contributed by atoms with Gasteiger partial charge in [0, 0.05) is 7.11 Å². The molecule has 0 heterocycles. The van der Waals surface area contributed by atoms with Crippen LogP contribution < -0.4 is 0 Å². The molecule has 1 unspecified atom stereocenters. The molecule has 1 atom stereocenters. The second kappa shape index (κ2) is 5.95. The summed E-state index contributed by atoms with van der Waals surface area (Å²) in [4.78, 5) is 0. The smallest absolute Gasteiger partial charge is 0.143 e. The van der Waals surface area contributed by atoms with Crippen LogP contribution in [0.2, 0.25) is 0 Å². The summed E-state index contributed by atoms with van der Waals surface area (Å²) in [7, 11) is 1.68. The SMILES string of the molecule is CCC(C#N)OCCC(C)(C)OC. The predicted octanol–water partition coefficient (Wildman–Crippen LogP) is 2.12. The van der Waals surface area contributed by atoms with Gasteiger partial charge in [-0.1, -0.05) is 6.92 Å². The van der Waals surface area contributed by atoms with Gasteiger partial charge in [0.05, 0.1) is 18.3 Å². The summed E-state index contributed by atoms with van der Waals surface area (Å²) in [5.74, 6) is 0. The van der Waals surface area contributed by atoms with Crippen LogP contribution in [0.1, 0.15) is 33.6 Å². The predicted molar refractivity (Wildman–Crippen MR) is 51.3 cm³/mol. The Kier molecular flexibility index (Phi) is 5.68. The fourth-order valence-electron chi connectivity index (χ4n) is 0.795. The highest BCUT2D eigenvalue weighted by molar-refractivity contribution is 4.82. The molecule has 0 bridgehead atoms. The van der Waals surface area contributed by atoms with Crippen LogP contribution >= 0.6 is 0 Å². The molecule has 0 spiro atoms. The molecule has 0 aliphatic heterocycles. The molecular weight excluding hydrogens is 166 g/mol. The third kappa shape index (κ3) is 5.62. The van der Waals surface area contributed by atoms with Crippen LogP contribution in [0.4, 0.5) is 0 Å². The summed E-state index contributed by atoms with van der Waals surface area (Å²) in [6.45, 7) is 6.52. The number of nitriles is 1. The molecule has 0 amide bonds. The molecular formula is C10H19NO2. The Bertz CT molecular complexity index is 172. The highest BCUT2D eigenvalue weighted by atomic mass is 16.5. The Morgan fingerprint density at radius 2 is 2.08 bits per heavy atom. The molecule has 13 heavy (non-hydrogen) atoms. The lowest BCUT2D eigenvalue weighted by Crippen LogP contribution is -2.25. The van der Waals surface area contributed by atoms with Crippen molar-refractivity contribution in [1.29, 1.82) is 5.26 Å². The van der Waals surface area contributed by atoms with Gasteiger partial charge in [0.1, 0.15) is 6.10 Å². The zero-order valence-electron chi connectivity index (χ0n) is 8.96. The van der Waals surface area contributed by atoms with E-state index in [4.69, 9.17) is 14.7 Å². The number of methoxy groups -OCH3 is 1. The Morgan fingerprint density at radius 3 is 2.46 bits per heavy atom. The van der Waals surface area contributed by atoms with Crippen molar-refractivity contribution in [3.05, 3.63) is 0 Å². The van der Waals surface area contributed by atoms with Crippen molar-refractivity contribution in [3.63, 3.8) is 0 Å². The summed E-state index contributed by atoms with van der Waals surface area (Å²) in [6, 6.07) is 2.09. The van der Waals surface area contributed by atoms with Crippen LogP contribution in [-0.4, -0.2) is 25.4 Å². The monoisotopic (exact) mass is 185 g/mol. The van der Waals surface area contributed by atoms with E-state index in [9.17, 15) is 0 Å². The average Bonchev–Trinajstić information content (AvgIpc) is 2.12. The van der Waals surface area contributed by atoms with Gasteiger partial charge in [0.25, 0.3) is 0 Å². The van der Waals surface area contributed by atoms with E-state index < -0.39 is 0 Å². The average molecular weight is 185 g/mol. The van der Waals surface area contributed by atoms with E-state index in [1.165, 1.54) is 0 Å². The van der Waals surface area contributed by atoms with Crippen LogP contribution in [0, 0.1) is 11.3 Å². The maximum atomic E-state index is 8.61. The molecule has 0 fully saturated rings. The lowest BCUT2D eigenvalue weighted by Gasteiger charge is -2.23. The molecule has 0 saturated carbocycles. The lowest BCUT2D eigenvalue weighted by molar-refractivity contribution is -0.0180. The number of rotatable bonds is 6. The number of hydrogen-bond donors (Lipinski definition) is 0. The molecule has 3 heteroatoms. The molecule has 0 aromatic heterocycles. The van der Waals surface area contributed by atoms with E-state index in [2.05, 4.69) is 6.07 Å². The summed E-state index contributed by atoms with van der Waals surface area (Å²) >= 11 is 0. The van der Waals surface area contributed by atoms with Crippen molar-refractivity contribution in [2.24, 2.45) is 0 Å². The highest BCUT2D eigenvalue weighted by Crippen LogP contribution is 2.13. The Morgan fingerprint density at radius 1 is 1.46 bits per heavy atom. The van der Waals surface area contributed by atoms with Gasteiger partial charge in [-0.2, -0.15) is 5.26 Å². The minimum Gasteiger partial charge on any atom is -0.379 e. The van der Waals surface area contributed by atoms with Gasteiger partial charge in [0.15, 0.2) is 0 Å². The van der Waals surface area contributed by atoms with Crippen LogP contribution in [0.15, 0.2) is 0 Å². The quantitative estimate of drug-likeness (QED) is 0.636. The normalized spacial score (nSPS) is 13.8. The van der Waals surface area contributed by atoms with Crippen LogP contribution in [-0.2, 0) is 9.47 Å². The minimum atomic E-state index is -0.271. The topological polar surface area (TPSA) is 42.2 Å². The molecule has 0 aromatic carbocycles. The maximum absolute atomic E-state index is 8.61. The third-order valence-electron chi connectivity index (χ3n) is 2.09. The van der Waals surface area contributed by atoms with Gasteiger partial charge in [0.2, 0.25) is 0 Å². The van der Waals surface area contributed by atoms with Crippen molar-refractivity contribution in [3.8, 4) is 6.07 Å². The van der Waals surface area contributed by atoms with Crippen LogP contribution in [0.25, 0.3) is 0 Å². The van der Waals surface area contributed by atoms with E-state index in [0.717, 1.165) is 12.8 Å². The number of hydrogen-bond acceptors (Lipinski definition) is 3. The fourth-order valence-corrected chi connectivity index (χ4v) is 0.795. The van der Waals surface area contributed by atoms with Crippen molar-refractivity contribution in [2.75, 3.05) is 13.7 Å². The van der Waals surface area contributed by atoms with Gasteiger partial charge in [-0.3, -0.25) is 0 Å². The molecule has 0 radical (unpaired) electrons. The largest absolute Gasteiger partial charge is 0.379 e. The minimum absolute atomic E-state index is 0.159. The lowest BCUT2D eigenvalue weighted by atomic mass is 10.1. The second-order valence-electron chi connectivity index (χ2n) is 3.61. The third-order valence-corrected chi connectivity index (χ3v) is 2.09. The maximum Gasteiger partial charge on any atom is 0.143 e. The molecule has 0 N–H and O–H groups in total. The first-order chi connectivity index (χ1) is 6.05. The first-order valence-corrected chi connectivity index (χ1v) is 4.62. The molecule has 0 aliphatic rings. The van der Waals surface area contributed by atoms with Crippen molar-refractivity contribution < 1.29 is 9.47 Å². The van der Waals surface area contributed by atoms with Crippen LogP contribution in [0.3, 0.4) is 0 Å². The van der Waals surface area contributed by atoms with E-state index in [-0.39, 0.29) is 11.7 Å². The number of nitrogens with zero attached hydrogens (tertiary/aromatic N) is 1. The van der Waals surface area contributed by atoms with Gasteiger partial charge in [-0.15, -0.1) is 0 Å². The summed E-state index contributed by atoms with van der Waals surface area (Å²) in [5.41, 5.74) is -0.159. The molecule has 76 valence electrons. The molecule has 3 nitrogen and oxygen atoms in total. The molecule has 0 rings (SSSR count). The Balaban J connectivity index is 3.62. The first-order valence-electron chi connectivity index (χ1n) is 4.62. The van der Waals surface area contributed by atoms with E-state index >= 15 is 0 Å². The van der Waals surface area contributed by atoms with Gasteiger partial charge in [-0.25, -0.2) is 0 Å². The van der Waals surface area contributed by atoms with Crippen molar-refractivity contribution in [1.82, 2.24) is 0 Å². The first kappa shape index (κ1) is 12.4. The van der Waals surface area contributed by atoms with Gasteiger partial charge >= 0.3 is 0 Å². The summed E-state index contributed by atoms with van der Waals surface area (Å²) < 4.78 is 10.6. The zero-order chi connectivity index (χ0) is 10.3. The summed E-state index contributed by atoms with van der Waals surface area (Å²) in [5, 5.41) is 8.61. The molecule has 0 aromatic rings. The Hall–Kier alpha value is -0.590. The van der Waals surface area contributed by atoms with Gasteiger partial charge < -0.3 is 9.47 Å². The van der Waals surface area contributed by atoms with E-state index in [1.54, 1.807) is 7.11 Å². The van der Waals surface area contributed by atoms with E-state index in [0.29, 0.717) is 6.61 Å². The standard InChI is InChI=1S/C10H19NO2/c1-5-9(8-11)13-7-6-10(2,3)12-4/h9H,5-7H2,1-4H3. The van der Waals surface area contributed by atoms with Crippen LogP contribution in [0.5, 0.6) is 0 Å². The van der Waals surface area contributed by atoms with Gasteiger partial charge in [-0.05, 0) is 26.7 Å². The van der Waals surface area contributed by atoms with Crippen molar-refractivity contribution >= 4 is 0 Å². The molecule has 0 saturated heterocycles.